The van der Waals surface area contributed by atoms with Crippen LogP contribution in [0.15, 0.2) is 53.4 Å². The molecule has 8 heteroatoms. The van der Waals surface area contributed by atoms with E-state index >= 15 is 0 Å². The van der Waals surface area contributed by atoms with Crippen LogP contribution in [-0.4, -0.2) is 28.0 Å². The Kier molecular flexibility index (Phi) is 7.02. The first-order valence-electron chi connectivity index (χ1n) is 8.00. The molecule has 1 atom stereocenters. The molecule has 0 heterocycles. The van der Waals surface area contributed by atoms with E-state index in [0.29, 0.717) is 10.8 Å². The molecule has 2 rings (SSSR count). The van der Waals surface area contributed by atoms with E-state index in [1.165, 1.54) is 19.2 Å². The second-order valence-electron chi connectivity index (χ2n) is 5.67. The number of amides is 1. The molecule has 0 spiro atoms. The van der Waals surface area contributed by atoms with Gasteiger partial charge in [-0.1, -0.05) is 23.7 Å². The molecular weight excluding hydrogens is 376 g/mol. The zero-order valence-electron chi connectivity index (χ0n) is 14.5. The summed E-state index contributed by atoms with van der Waals surface area (Å²) < 4.78 is 31.8. The van der Waals surface area contributed by atoms with Gasteiger partial charge in [0.15, 0.2) is 0 Å². The molecule has 140 valence electrons. The summed E-state index contributed by atoms with van der Waals surface area (Å²) in [6.45, 7) is 1.84. The van der Waals surface area contributed by atoms with Gasteiger partial charge in [-0.15, -0.1) is 0 Å². The van der Waals surface area contributed by atoms with Gasteiger partial charge in [0.05, 0.1) is 18.0 Å². The quantitative estimate of drug-likeness (QED) is 0.718. The number of sulfonamides is 1. The molecule has 2 N–H and O–H groups in total. The van der Waals surface area contributed by atoms with Gasteiger partial charge in [-0.05, 0) is 48.9 Å². The zero-order valence-corrected chi connectivity index (χ0v) is 16.1. The van der Waals surface area contributed by atoms with Crippen molar-refractivity contribution in [2.45, 2.75) is 24.3 Å². The maximum Gasteiger partial charge on any atom is 0.240 e. The summed E-state index contributed by atoms with van der Waals surface area (Å²) in [5.74, 6) is 0.313. The van der Waals surface area contributed by atoms with Crippen LogP contribution in [0.25, 0.3) is 0 Å². The van der Waals surface area contributed by atoms with Gasteiger partial charge in [0.1, 0.15) is 5.75 Å². The second-order valence-corrected chi connectivity index (χ2v) is 7.87. The van der Waals surface area contributed by atoms with Crippen LogP contribution in [0.5, 0.6) is 5.75 Å². The third-order valence-corrected chi connectivity index (χ3v) is 5.45. The lowest BCUT2D eigenvalue weighted by molar-refractivity contribution is -0.121. The van der Waals surface area contributed by atoms with Crippen molar-refractivity contribution in [3.05, 3.63) is 59.1 Å². The minimum Gasteiger partial charge on any atom is -0.497 e. The van der Waals surface area contributed by atoms with Crippen molar-refractivity contribution in [3.8, 4) is 5.75 Å². The summed E-state index contributed by atoms with van der Waals surface area (Å²) in [7, 11) is -2.17. The summed E-state index contributed by atoms with van der Waals surface area (Å²) in [4.78, 5) is 12.1. The number of rotatable bonds is 8. The van der Waals surface area contributed by atoms with E-state index in [2.05, 4.69) is 10.0 Å². The molecule has 0 saturated heterocycles. The predicted octanol–water partition coefficient (Wildman–Crippen LogP) is 2.89. The van der Waals surface area contributed by atoms with Crippen LogP contribution in [0.2, 0.25) is 5.02 Å². The minimum atomic E-state index is -3.67. The molecule has 0 aliphatic rings. The predicted molar refractivity (Wildman–Crippen MR) is 101 cm³/mol. The van der Waals surface area contributed by atoms with E-state index in [-0.39, 0.29) is 29.8 Å². The van der Waals surface area contributed by atoms with E-state index in [1.54, 1.807) is 24.3 Å². The summed E-state index contributed by atoms with van der Waals surface area (Å²) in [5, 5.41) is 3.41. The highest BCUT2D eigenvalue weighted by Crippen LogP contribution is 2.17. The molecule has 1 amide bonds. The topological polar surface area (TPSA) is 84.5 Å². The summed E-state index contributed by atoms with van der Waals surface area (Å²) >= 11 is 5.94. The van der Waals surface area contributed by atoms with Gasteiger partial charge < -0.3 is 10.1 Å². The van der Waals surface area contributed by atoms with Gasteiger partial charge in [-0.25, -0.2) is 13.1 Å². The number of benzene rings is 2. The van der Waals surface area contributed by atoms with E-state index in [4.69, 9.17) is 16.3 Å². The van der Waals surface area contributed by atoms with E-state index < -0.39 is 10.0 Å². The lowest BCUT2D eigenvalue weighted by Gasteiger charge is -2.15. The minimum absolute atomic E-state index is 0.00244. The van der Waals surface area contributed by atoms with E-state index in [1.807, 2.05) is 19.1 Å². The fraction of sp³-hybridized carbons (Fsp3) is 0.278. The zero-order chi connectivity index (χ0) is 19.2. The number of hydrogen-bond donors (Lipinski definition) is 2. The van der Waals surface area contributed by atoms with Gasteiger partial charge in [-0.3, -0.25) is 4.79 Å². The fourth-order valence-electron chi connectivity index (χ4n) is 2.31. The molecular formula is C18H21ClN2O4S. The molecule has 6 nitrogen and oxygen atoms in total. The molecule has 0 saturated carbocycles. The normalized spacial score (nSPS) is 12.4. The Labute approximate surface area is 158 Å². The van der Waals surface area contributed by atoms with Crippen LogP contribution in [0, 0.1) is 0 Å². The monoisotopic (exact) mass is 396 g/mol. The smallest absolute Gasteiger partial charge is 0.240 e. The number of halogens is 1. The van der Waals surface area contributed by atoms with Crippen molar-refractivity contribution in [2.75, 3.05) is 13.7 Å². The van der Waals surface area contributed by atoms with E-state index in [9.17, 15) is 13.2 Å². The highest BCUT2D eigenvalue weighted by atomic mass is 35.5. The second kappa shape index (κ2) is 9.02. The van der Waals surface area contributed by atoms with Crippen molar-refractivity contribution >= 4 is 27.5 Å². The molecule has 0 aliphatic heterocycles. The van der Waals surface area contributed by atoms with Crippen molar-refractivity contribution in [2.24, 2.45) is 0 Å². The van der Waals surface area contributed by atoms with Crippen LogP contribution in [0.1, 0.15) is 24.9 Å². The van der Waals surface area contributed by atoms with Crippen LogP contribution >= 0.6 is 11.6 Å². The van der Waals surface area contributed by atoms with Crippen LogP contribution in [-0.2, 0) is 14.8 Å². The number of ether oxygens (including phenoxy) is 1. The maximum absolute atomic E-state index is 12.2. The fourth-order valence-corrected chi connectivity index (χ4v) is 3.54. The first-order valence-corrected chi connectivity index (χ1v) is 9.86. The highest BCUT2D eigenvalue weighted by Gasteiger charge is 2.15. The SMILES string of the molecule is COc1ccc(S(=O)(=O)NCCC(=O)N[C@H](C)c2cccc(Cl)c2)cc1. The lowest BCUT2D eigenvalue weighted by atomic mass is 10.1. The highest BCUT2D eigenvalue weighted by molar-refractivity contribution is 7.89. The Morgan fingerprint density at radius 1 is 1.19 bits per heavy atom. The summed E-state index contributed by atoms with van der Waals surface area (Å²) in [6.07, 6.45) is 0.0281. The van der Waals surface area contributed by atoms with Crippen molar-refractivity contribution in [1.82, 2.24) is 10.0 Å². The third-order valence-electron chi connectivity index (χ3n) is 3.74. The average Bonchev–Trinajstić information content (AvgIpc) is 2.61. The molecule has 0 fully saturated rings. The molecule has 2 aromatic carbocycles. The summed E-state index contributed by atoms with van der Waals surface area (Å²) in [5.41, 5.74) is 0.879. The van der Waals surface area contributed by atoms with Gasteiger partial charge in [0.2, 0.25) is 15.9 Å². The Hall–Kier alpha value is -2.09. The van der Waals surface area contributed by atoms with Crippen molar-refractivity contribution < 1.29 is 17.9 Å². The number of carbonyl (C=O) groups excluding carboxylic acids is 1. The van der Waals surface area contributed by atoms with Crippen molar-refractivity contribution in [3.63, 3.8) is 0 Å². The van der Waals surface area contributed by atoms with Crippen molar-refractivity contribution in [1.29, 1.82) is 0 Å². The summed E-state index contributed by atoms with van der Waals surface area (Å²) in [6, 6.07) is 13.0. The van der Waals surface area contributed by atoms with Gasteiger partial charge in [0, 0.05) is 18.0 Å². The number of nitrogens with one attached hydrogen (secondary N) is 2. The Bertz CT molecular complexity index is 854. The standard InChI is InChI=1S/C18H21ClN2O4S/c1-13(14-4-3-5-15(19)12-14)21-18(22)10-11-20-26(23,24)17-8-6-16(25-2)7-9-17/h3-9,12-13,20H,10-11H2,1-2H3,(H,21,22)/t13-/m1/s1. The first kappa shape index (κ1) is 20.2. The number of carbonyl (C=O) groups is 1. The molecule has 0 aromatic heterocycles. The van der Waals surface area contributed by atoms with Crippen LogP contribution in [0.4, 0.5) is 0 Å². The van der Waals surface area contributed by atoms with Gasteiger partial charge in [-0.2, -0.15) is 0 Å². The molecule has 0 radical (unpaired) electrons. The molecule has 0 bridgehead atoms. The maximum atomic E-state index is 12.2. The lowest BCUT2D eigenvalue weighted by Crippen LogP contribution is -2.32. The Balaban J connectivity index is 1.85. The number of hydrogen-bond acceptors (Lipinski definition) is 4. The Morgan fingerprint density at radius 2 is 1.88 bits per heavy atom. The van der Waals surface area contributed by atoms with Gasteiger partial charge in [0.25, 0.3) is 0 Å². The number of methoxy groups -OCH3 is 1. The Morgan fingerprint density at radius 3 is 2.50 bits per heavy atom. The first-order chi connectivity index (χ1) is 12.3. The average molecular weight is 397 g/mol. The van der Waals surface area contributed by atoms with Crippen LogP contribution in [0.3, 0.4) is 0 Å². The molecule has 0 unspecified atom stereocenters. The largest absolute Gasteiger partial charge is 0.497 e. The molecule has 0 aliphatic carbocycles. The molecule has 2 aromatic rings. The molecule has 26 heavy (non-hydrogen) atoms. The van der Waals surface area contributed by atoms with Crippen LogP contribution < -0.4 is 14.8 Å². The van der Waals surface area contributed by atoms with E-state index in [0.717, 1.165) is 5.56 Å². The van der Waals surface area contributed by atoms with Gasteiger partial charge >= 0.3 is 0 Å². The third kappa shape index (κ3) is 5.72.